The Morgan fingerprint density at radius 1 is 0.950 bits per heavy atom. The van der Waals surface area contributed by atoms with Gasteiger partial charge in [0.2, 0.25) is 5.60 Å². The predicted octanol–water partition coefficient (Wildman–Crippen LogP) is 5.37. The summed E-state index contributed by atoms with van der Waals surface area (Å²) in [5.74, 6) is -2.11. The minimum absolute atomic E-state index is 0.182. The number of phenolic OH excluding ortho intramolecular Hbond substituents is 1. The zero-order valence-corrected chi connectivity index (χ0v) is 24.1. The number of anilines is 1. The molecule has 1 aliphatic carbocycles. The van der Waals surface area contributed by atoms with Crippen LogP contribution in [0.2, 0.25) is 0 Å². The second-order valence-electron chi connectivity index (χ2n) is 12.5. The lowest BCUT2D eigenvalue weighted by Gasteiger charge is -2.37. The Balaban J connectivity index is 1.69. The van der Waals surface area contributed by atoms with E-state index in [1.165, 1.54) is 18.2 Å². The molecule has 1 amide bonds. The molecule has 2 aromatic carbocycles. The third kappa shape index (κ3) is 6.75. The van der Waals surface area contributed by atoms with Crippen LogP contribution in [0.5, 0.6) is 5.75 Å². The molecule has 1 aliphatic heterocycles. The van der Waals surface area contributed by atoms with Crippen LogP contribution in [0.4, 0.5) is 10.5 Å². The lowest BCUT2D eigenvalue weighted by atomic mass is 9.79. The highest BCUT2D eigenvalue weighted by Gasteiger charge is 2.54. The number of likely N-dealkylation sites (N-methyl/N-ethyl adjacent to an activating group) is 1. The molecule has 9 heteroatoms. The van der Waals surface area contributed by atoms with Gasteiger partial charge in [-0.1, -0.05) is 43.2 Å². The fraction of sp³-hybridized carbons (Fsp3) is 0.516. The molecule has 2 unspecified atom stereocenters. The standard InChI is InChI=1S/C31H40N2O7/c1-30(2,3)40-29(37)32-23-15-16-26(34)25(19-23)27(35)39-31(22-13-9-10-14-22,21-11-7-6-8-12-21)28(36)38-24-17-18-33(4,5)20-24/h6-8,11-12,15-16,19,22,24H,9-10,13-14,17-18,20H2,1-5H3,(H-,32,34,35,37)/p+1. The molecule has 0 radical (unpaired) electrons. The molecule has 0 spiro atoms. The van der Waals surface area contributed by atoms with Crippen LogP contribution in [0.1, 0.15) is 68.8 Å². The quantitative estimate of drug-likeness (QED) is 0.205. The maximum absolute atomic E-state index is 14.2. The summed E-state index contributed by atoms with van der Waals surface area (Å²) in [5, 5.41) is 13.2. The number of aromatic hydroxyl groups is 1. The van der Waals surface area contributed by atoms with E-state index in [0.717, 1.165) is 30.3 Å². The summed E-state index contributed by atoms with van der Waals surface area (Å²) < 4.78 is 18.4. The van der Waals surface area contributed by atoms with Gasteiger partial charge < -0.3 is 23.8 Å². The van der Waals surface area contributed by atoms with E-state index >= 15 is 0 Å². The molecule has 0 aromatic heterocycles. The Morgan fingerprint density at radius 3 is 2.23 bits per heavy atom. The maximum Gasteiger partial charge on any atom is 0.412 e. The van der Waals surface area contributed by atoms with Gasteiger partial charge in [0, 0.05) is 23.6 Å². The first-order valence-corrected chi connectivity index (χ1v) is 13.9. The third-order valence-corrected chi connectivity index (χ3v) is 7.58. The van der Waals surface area contributed by atoms with Crippen molar-refractivity contribution in [3.8, 4) is 5.75 Å². The van der Waals surface area contributed by atoms with Crippen LogP contribution in [0.25, 0.3) is 0 Å². The predicted molar refractivity (Wildman–Crippen MR) is 150 cm³/mol. The molecule has 2 N–H and O–H groups in total. The van der Waals surface area contributed by atoms with Crippen molar-refractivity contribution in [3.05, 3.63) is 59.7 Å². The molecule has 1 saturated carbocycles. The van der Waals surface area contributed by atoms with Crippen LogP contribution in [0.3, 0.4) is 0 Å². The Morgan fingerprint density at radius 2 is 1.62 bits per heavy atom. The average Bonchev–Trinajstić information content (AvgIpc) is 3.52. The van der Waals surface area contributed by atoms with Crippen LogP contribution in [0, 0.1) is 5.92 Å². The van der Waals surface area contributed by atoms with Gasteiger partial charge in [0.05, 0.1) is 20.6 Å². The number of hydrogen-bond acceptors (Lipinski definition) is 7. The molecule has 0 bridgehead atoms. The number of amides is 1. The van der Waals surface area contributed by atoms with Crippen LogP contribution in [-0.2, 0) is 24.6 Å². The smallest absolute Gasteiger partial charge is 0.412 e. The zero-order chi connectivity index (χ0) is 29.1. The number of benzene rings is 2. The molecule has 1 saturated heterocycles. The molecule has 4 rings (SSSR count). The third-order valence-electron chi connectivity index (χ3n) is 7.58. The minimum Gasteiger partial charge on any atom is -0.507 e. The number of hydrogen-bond donors (Lipinski definition) is 2. The molecule has 2 aliphatic rings. The second-order valence-corrected chi connectivity index (χ2v) is 12.5. The van der Waals surface area contributed by atoms with E-state index in [9.17, 15) is 19.5 Å². The van der Waals surface area contributed by atoms with E-state index in [1.807, 2.05) is 6.07 Å². The lowest BCUT2D eigenvalue weighted by Crippen LogP contribution is -2.49. The number of esters is 2. The van der Waals surface area contributed by atoms with Gasteiger partial charge in [0.1, 0.15) is 23.5 Å². The van der Waals surface area contributed by atoms with Crippen LogP contribution < -0.4 is 5.32 Å². The highest BCUT2D eigenvalue weighted by molar-refractivity contribution is 5.97. The Bertz CT molecular complexity index is 1230. The molecule has 9 nitrogen and oxygen atoms in total. The summed E-state index contributed by atoms with van der Waals surface area (Å²) >= 11 is 0. The van der Waals surface area contributed by atoms with E-state index < -0.39 is 29.2 Å². The van der Waals surface area contributed by atoms with Crippen molar-refractivity contribution in [2.75, 3.05) is 32.5 Å². The molecular weight excluding hydrogens is 512 g/mol. The van der Waals surface area contributed by atoms with Crippen LogP contribution in [0.15, 0.2) is 48.5 Å². The summed E-state index contributed by atoms with van der Waals surface area (Å²) in [7, 11) is 4.19. The van der Waals surface area contributed by atoms with Crippen molar-refractivity contribution < 1.29 is 38.2 Å². The first-order chi connectivity index (χ1) is 18.8. The van der Waals surface area contributed by atoms with Gasteiger partial charge >= 0.3 is 18.0 Å². The van der Waals surface area contributed by atoms with Crippen molar-refractivity contribution in [1.29, 1.82) is 0 Å². The first kappa shape index (κ1) is 29.4. The largest absolute Gasteiger partial charge is 0.507 e. The Kier molecular flexibility index (Phi) is 8.44. The van der Waals surface area contributed by atoms with Gasteiger partial charge in [-0.3, -0.25) is 5.32 Å². The number of nitrogens with zero attached hydrogens (tertiary/aromatic N) is 1. The highest BCUT2D eigenvalue weighted by atomic mass is 16.6. The molecule has 2 atom stereocenters. The SMILES string of the molecule is CC(C)(C)OC(=O)Nc1ccc(O)c(C(=O)OC(C(=O)OC2CC[N+](C)(C)C2)(c2ccccc2)C2CCCC2)c1. The van der Waals surface area contributed by atoms with Crippen LogP contribution >= 0.6 is 0 Å². The van der Waals surface area contributed by atoms with Gasteiger partial charge in [0.15, 0.2) is 6.10 Å². The van der Waals surface area contributed by atoms with Crippen molar-refractivity contribution in [1.82, 2.24) is 0 Å². The lowest BCUT2D eigenvalue weighted by molar-refractivity contribution is -0.879. The molecule has 2 fully saturated rings. The van der Waals surface area contributed by atoms with Gasteiger partial charge in [-0.15, -0.1) is 0 Å². The number of quaternary nitrogens is 1. The number of rotatable bonds is 7. The van der Waals surface area contributed by atoms with Crippen molar-refractivity contribution in [3.63, 3.8) is 0 Å². The number of phenols is 1. The van der Waals surface area contributed by atoms with Gasteiger partial charge in [-0.25, -0.2) is 14.4 Å². The van der Waals surface area contributed by atoms with Gasteiger partial charge in [0.25, 0.3) is 0 Å². The molecule has 2 aromatic rings. The first-order valence-electron chi connectivity index (χ1n) is 13.9. The summed E-state index contributed by atoms with van der Waals surface area (Å²) in [4.78, 5) is 40.3. The molecule has 1 heterocycles. The fourth-order valence-electron chi connectivity index (χ4n) is 5.68. The minimum atomic E-state index is -1.68. The fourth-order valence-corrected chi connectivity index (χ4v) is 5.68. The Labute approximate surface area is 236 Å². The van der Waals surface area contributed by atoms with Crippen molar-refractivity contribution >= 4 is 23.7 Å². The summed E-state index contributed by atoms with van der Waals surface area (Å²) in [6.45, 7) is 6.77. The van der Waals surface area contributed by atoms with Crippen molar-refractivity contribution in [2.24, 2.45) is 5.92 Å². The number of carbonyl (C=O) groups is 3. The van der Waals surface area contributed by atoms with E-state index in [2.05, 4.69) is 19.4 Å². The van der Waals surface area contributed by atoms with Gasteiger partial charge in [-0.2, -0.15) is 0 Å². The summed E-state index contributed by atoms with van der Waals surface area (Å²) in [6.07, 6.45) is 2.91. The number of ether oxygens (including phenoxy) is 3. The monoisotopic (exact) mass is 553 g/mol. The maximum atomic E-state index is 14.2. The Hall–Kier alpha value is -3.59. The normalized spacial score (nSPS) is 20.4. The second kappa shape index (κ2) is 11.5. The number of likely N-dealkylation sites (tertiary alicyclic amines) is 1. The highest BCUT2D eigenvalue weighted by Crippen LogP contribution is 2.46. The van der Waals surface area contributed by atoms with Crippen LogP contribution in [-0.4, -0.2) is 66.5 Å². The molecule has 216 valence electrons. The molecular formula is C31H41N2O7+. The average molecular weight is 554 g/mol. The number of carbonyl (C=O) groups excluding carboxylic acids is 3. The van der Waals surface area contributed by atoms with E-state index in [4.69, 9.17) is 14.2 Å². The van der Waals surface area contributed by atoms with E-state index in [1.54, 1.807) is 45.0 Å². The van der Waals surface area contributed by atoms with Gasteiger partial charge in [-0.05, 0) is 51.8 Å². The summed E-state index contributed by atoms with van der Waals surface area (Å²) in [5.41, 5.74) is -1.81. The van der Waals surface area contributed by atoms with Crippen molar-refractivity contribution in [2.45, 2.75) is 70.2 Å². The van der Waals surface area contributed by atoms with E-state index in [-0.39, 0.29) is 29.0 Å². The topological polar surface area (TPSA) is 111 Å². The van der Waals surface area contributed by atoms with E-state index in [0.29, 0.717) is 24.9 Å². The molecule has 40 heavy (non-hydrogen) atoms. The summed E-state index contributed by atoms with van der Waals surface area (Å²) in [6, 6.07) is 13.1. The number of nitrogens with one attached hydrogen (secondary N) is 1. The zero-order valence-electron chi connectivity index (χ0n) is 24.1.